The number of benzene rings is 4. The molecule has 0 aromatic heterocycles. The van der Waals surface area contributed by atoms with E-state index in [1.54, 1.807) is 48.5 Å². The molecule has 0 saturated carbocycles. The molecule has 0 unspecified atom stereocenters. The van der Waals surface area contributed by atoms with Crippen LogP contribution in [0.25, 0.3) is 0 Å². The zero-order valence-electron chi connectivity index (χ0n) is 26.3. The Morgan fingerprint density at radius 2 is 0.521 bits per heavy atom. The molecular formula is C36H32O12. The number of hydrogen-bond acceptors (Lipinski definition) is 8. The fraction of sp³-hybridized carbons (Fsp3) is 0.111. The lowest BCUT2D eigenvalue weighted by Gasteiger charge is -1.97. The van der Waals surface area contributed by atoms with Gasteiger partial charge in [0.1, 0.15) is 0 Å². The molecule has 12 nitrogen and oxygen atoms in total. The lowest BCUT2D eigenvalue weighted by atomic mass is 10.1. The van der Waals surface area contributed by atoms with Crippen molar-refractivity contribution in [2.24, 2.45) is 0 Å². The van der Waals surface area contributed by atoms with Crippen LogP contribution in [0.5, 0.6) is 0 Å². The predicted molar refractivity (Wildman–Crippen MR) is 174 cm³/mol. The second-order valence-corrected chi connectivity index (χ2v) is 9.76. The second kappa shape index (κ2) is 19.1. The van der Waals surface area contributed by atoms with Crippen molar-refractivity contribution in [2.75, 3.05) is 0 Å². The maximum atomic E-state index is 10.9. The molecule has 0 aliphatic heterocycles. The van der Waals surface area contributed by atoms with Crippen LogP contribution >= 0.6 is 0 Å². The lowest BCUT2D eigenvalue weighted by molar-refractivity contribution is 0.0681. The minimum absolute atomic E-state index is 0.0156. The number of Topliss-reactive ketones (excluding diaryl/α,β-unsaturated/α-hetero) is 4. The Bertz CT molecular complexity index is 1560. The number of carbonyl (C=O) groups excluding carboxylic acids is 4. The minimum atomic E-state index is -1.13. The molecule has 0 fully saturated rings. The van der Waals surface area contributed by atoms with E-state index in [0.29, 0.717) is 22.3 Å². The van der Waals surface area contributed by atoms with Crippen molar-refractivity contribution in [1.29, 1.82) is 0 Å². The van der Waals surface area contributed by atoms with E-state index in [9.17, 15) is 38.4 Å². The summed E-state index contributed by atoms with van der Waals surface area (Å²) in [6.45, 7) is 5.98. The van der Waals surface area contributed by atoms with Crippen LogP contribution in [0.1, 0.15) is 111 Å². The maximum absolute atomic E-state index is 10.9. The summed E-state index contributed by atoms with van der Waals surface area (Å²) in [6.07, 6.45) is 0. The Hall–Kier alpha value is -6.56. The van der Waals surface area contributed by atoms with E-state index in [1.165, 1.54) is 70.2 Å². The number of ketones is 4. The van der Waals surface area contributed by atoms with Gasteiger partial charge in [-0.15, -0.1) is 0 Å². The summed E-state index contributed by atoms with van der Waals surface area (Å²) in [7, 11) is 0. The van der Waals surface area contributed by atoms with Gasteiger partial charge < -0.3 is 20.4 Å². The van der Waals surface area contributed by atoms with Gasteiger partial charge in [-0.25, -0.2) is 19.2 Å². The Balaban J connectivity index is 0.000000320. The van der Waals surface area contributed by atoms with Crippen molar-refractivity contribution in [3.8, 4) is 0 Å². The first-order chi connectivity index (χ1) is 22.4. The SMILES string of the molecule is CC(=O)c1ccc(C(C)=O)cc1.CC(=O)c1cccc(C(C)=O)c1.O=C(O)c1ccc(C(=O)O)cc1.O=C(O)c1cccc(C(=O)O)c1. The molecular weight excluding hydrogens is 624 g/mol. The number of carboxylic acid groups (broad SMARTS) is 4. The third-order valence-corrected chi connectivity index (χ3v) is 6.11. The maximum Gasteiger partial charge on any atom is 0.335 e. The monoisotopic (exact) mass is 656 g/mol. The summed E-state index contributed by atoms with van der Waals surface area (Å²) in [4.78, 5) is 84.9. The number of hydrogen-bond donors (Lipinski definition) is 4. The second-order valence-electron chi connectivity index (χ2n) is 9.76. The molecule has 0 heterocycles. The molecule has 0 bridgehead atoms. The quantitative estimate of drug-likeness (QED) is 0.153. The van der Waals surface area contributed by atoms with Gasteiger partial charge in [-0.2, -0.15) is 0 Å². The van der Waals surface area contributed by atoms with E-state index in [4.69, 9.17) is 20.4 Å². The molecule has 0 aliphatic rings. The van der Waals surface area contributed by atoms with Crippen molar-refractivity contribution in [1.82, 2.24) is 0 Å². The number of carbonyl (C=O) groups is 8. The van der Waals surface area contributed by atoms with Crippen LogP contribution < -0.4 is 0 Å². The topological polar surface area (TPSA) is 217 Å². The fourth-order valence-electron chi connectivity index (χ4n) is 3.44. The highest BCUT2D eigenvalue weighted by Crippen LogP contribution is 2.08. The highest BCUT2D eigenvalue weighted by atomic mass is 16.4. The molecule has 0 saturated heterocycles. The van der Waals surface area contributed by atoms with Crippen molar-refractivity contribution in [3.63, 3.8) is 0 Å². The highest BCUT2D eigenvalue weighted by Gasteiger charge is 2.07. The van der Waals surface area contributed by atoms with Gasteiger partial charge in [0.25, 0.3) is 0 Å². The lowest BCUT2D eigenvalue weighted by Crippen LogP contribution is -2.01. The van der Waals surface area contributed by atoms with Gasteiger partial charge >= 0.3 is 23.9 Å². The first-order valence-electron chi connectivity index (χ1n) is 13.8. The Kier molecular flexibility index (Phi) is 15.7. The minimum Gasteiger partial charge on any atom is -0.478 e. The molecule has 12 heteroatoms. The van der Waals surface area contributed by atoms with E-state index in [0.717, 1.165) is 6.07 Å². The summed E-state index contributed by atoms with van der Waals surface area (Å²) in [6, 6.07) is 23.6. The van der Waals surface area contributed by atoms with E-state index in [2.05, 4.69) is 0 Å². The molecule has 248 valence electrons. The normalized spacial score (nSPS) is 9.42. The van der Waals surface area contributed by atoms with E-state index in [-0.39, 0.29) is 45.4 Å². The third kappa shape index (κ3) is 13.6. The standard InChI is InChI=1S/2C10H10O2.2C8H6O4/c1-7(11)9-3-5-10(6-4-9)8(2)12;1-7(11)9-4-3-5-10(6-9)8(2)12;9-7(10)5-1-2-6(4-3-5)8(11)12;9-7(10)5-2-1-3-6(4-5)8(11)12/h2*3-6H,1-2H3;2*1-4H,(H,9,10)(H,11,12). The third-order valence-electron chi connectivity index (χ3n) is 6.11. The van der Waals surface area contributed by atoms with Crippen LogP contribution in [0.4, 0.5) is 0 Å². The molecule has 4 aromatic carbocycles. The van der Waals surface area contributed by atoms with Crippen molar-refractivity contribution in [2.45, 2.75) is 27.7 Å². The summed E-state index contributed by atoms with van der Waals surface area (Å²) >= 11 is 0. The molecule has 4 rings (SSSR count). The van der Waals surface area contributed by atoms with Gasteiger partial charge in [0, 0.05) is 22.3 Å². The molecule has 4 N–H and O–H groups in total. The smallest absolute Gasteiger partial charge is 0.335 e. The molecule has 0 radical (unpaired) electrons. The average Bonchev–Trinajstić information content (AvgIpc) is 3.05. The largest absolute Gasteiger partial charge is 0.478 e. The summed E-state index contributed by atoms with van der Waals surface area (Å²) in [5.41, 5.74) is 2.58. The number of carboxylic acids is 4. The van der Waals surface area contributed by atoms with Crippen LogP contribution in [-0.2, 0) is 0 Å². The number of aromatic carboxylic acids is 4. The van der Waals surface area contributed by atoms with E-state index < -0.39 is 23.9 Å². The van der Waals surface area contributed by atoms with Gasteiger partial charge in [-0.3, -0.25) is 19.2 Å². The molecule has 48 heavy (non-hydrogen) atoms. The van der Waals surface area contributed by atoms with Crippen molar-refractivity contribution < 1.29 is 58.8 Å². The van der Waals surface area contributed by atoms with Crippen LogP contribution in [0, 0.1) is 0 Å². The highest BCUT2D eigenvalue weighted by molar-refractivity contribution is 6.00. The van der Waals surface area contributed by atoms with Crippen molar-refractivity contribution in [3.05, 3.63) is 142 Å². The zero-order chi connectivity index (χ0) is 36.6. The predicted octanol–water partition coefficient (Wildman–Crippen LogP) is 6.35. The molecule has 0 atom stereocenters. The first kappa shape index (κ1) is 39.5. The van der Waals surface area contributed by atoms with E-state index in [1.807, 2.05) is 0 Å². The van der Waals surface area contributed by atoms with Gasteiger partial charge in [0.05, 0.1) is 22.3 Å². The molecule has 0 spiro atoms. The first-order valence-corrected chi connectivity index (χ1v) is 13.8. The van der Waals surface area contributed by atoms with Crippen LogP contribution in [0.3, 0.4) is 0 Å². The fourth-order valence-corrected chi connectivity index (χ4v) is 3.44. The summed E-state index contributed by atoms with van der Waals surface area (Å²) in [5.74, 6) is -4.37. The zero-order valence-corrected chi connectivity index (χ0v) is 26.3. The molecule has 0 aliphatic carbocycles. The van der Waals surface area contributed by atoms with Gasteiger partial charge in [-0.05, 0) is 76.2 Å². The van der Waals surface area contributed by atoms with Crippen LogP contribution in [0.2, 0.25) is 0 Å². The van der Waals surface area contributed by atoms with Crippen LogP contribution in [-0.4, -0.2) is 67.4 Å². The Labute approximate surface area is 274 Å². The summed E-state index contributed by atoms with van der Waals surface area (Å²) in [5, 5.41) is 33.9. The average molecular weight is 657 g/mol. The van der Waals surface area contributed by atoms with Gasteiger partial charge in [0.2, 0.25) is 0 Å². The number of rotatable bonds is 8. The Morgan fingerprint density at radius 1 is 0.312 bits per heavy atom. The van der Waals surface area contributed by atoms with E-state index >= 15 is 0 Å². The van der Waals surface area contributed by atoms with Gasteiger partial charge in [0.15, 0.2) is 23.1 Å². The molecule has 4 aromatic rings. The van der Waals surface area contributed by atoms with Crippen LogP contribution in [0.15, 0.2) is 97.1 Å². The molecule has 0 amide bonds. The summed E-state index contributed by atoms with van der Waals surface area (Å²) < 4.78 is 0. The Morgan fingerprint density at radius 3 is 0.750 bits per heavy atom. The van der Waals surface area contributed by atoms with Gasteiger partial charge in [-0.1, -0.05) is 48.5 Å². The van der Waals surface area contributed by atoms with Crippen molar-refractivity contribution >= 4 is 47.0 Å².